The van der Waals surface area contributed by atoms with Crippen LogP contribution in [0, 0.1) is 0 Å². The number of rotatable bonds is 5. The quantitative estimate of drug-likeness (QED) is 0.176. The molecule has 254 valence electrons. The number of hydrogen-bond acceptors (Lipinski definition) is 1. The summed E-state index contributed by atoms with van der Waals surface area (Å²) >= 11 is 0. The van der Waals surface area contributed by atoms with E-state index in [-0.39, 0.29) is 0 Å². The number of hydrogen-bond donors (Lipinski definition) is 0. The monoisotopic (exact) mass is 689 g/mol. The summed E-state index contributed by atoms with van der Waals surface area (Å²) in [6.07, 6.45) is 0. The molecule has 0 N–H and O–H groups in total. The molecule has 3 aromatic heterocycles. The number of pyridine rings is 1. The fourth-order valence-electron chi connectivity index (χ4n) is 7.85. The Hall–Kier alpha value is -7.23. The average Bonchev–Trinajstić information content (AvgIpc) is 3.75. The van der Waals surface area contributed by atoms with Gasteiger partial charge in [-0.25, -0.2) is 4.98 Å². The van der Waals surface area contributed by atoms with E-state index in [4.69, 9.17) is 4.98 Å². The molecule has 0 aliphatic rings. The number of para-hydroxylation sites is 2. The van der Waals surface area contributed by atoms with E-state index in [1.54, 1.807) is 0 Å². The van der Waals surface area contributed by atoms with Gasteiger partial charge in [-0.1, -0.05) is 152 Å². The van der Waals surface area contributed by atoms with Crippen molar-refractivity contribution in [1.29, 1.82) is 0 Å². The van der Waals surface area contributed by atoms with Crippen molar-refractivity contribution in [1.82, 2.24) is 14.1 Å². The van der Waals surface area contributed by atoms with Crippen LogP contribution in [0.2, 0.25) is 0 Å². The largest absolute Gasteiger partial charge is 0.309 e. The molecule has 0 atom stereocenters. The van der Waals surface area contributed by atoms with E-state index in [0.29, 0.717) is 0 Å². The Kier molecular flexibility index (Phi) is 7.81. The summed E-state index contributed by atoms with van der Waals surface area (Å²) in [7, 11) is 0. The molecule has 7 aromatic carbocycles. The number of fused-ring (bicyclic) bond motifs is 6. The highest BCUT2D eigenvalue weighted by molar-refractivity contribution is 6.12. The number of nitrogens with zero attached hydrogens (tertiary/aromatic N) is 3. The Balaban J connectivity index is 1.16. The van der Waals surface area contributed by atoms with Crippen LogP contribution in [-0.4, -0.2) is 14.1 Å². The average molecular weight is 690 g/mol. The van der Waals surface area contributed by atoms with Crippen molar-refractivity contribution in [2.75, 3.05) is 0 Å². The molecule has 0 bridgehead atoms. The lowest BCUT2D eigenvalue weighted by Crippen LogP contribution is -1.98. The Bertz CT molecular complexity index is 2960. The third-order valence-corrected chi connectivity index (χ3v) is 10.3. The summed E-state index contributed by atoms with van der Waals surface area (Å²) in [5.74, 6) is 0. The molecule has 0 fully saturated rings. The zero-order chi connectivity index (χ0) is 35.8. The van der Waals surface area contributed by atoms with Gasteiger partial charge in [0.2, 0.25) is 0 Å². The molecule has 54 heavy (non-hydrogen) atoms. The van der Waals surface area contributed by atoms with Crippen molar-refractivity contribution >= 4 is 43.6 Å². The Morgan fingerprint density at radius 3 is 1.13 bits per heavy atom. The number of benzene rings is 6. The van der Waals surface area contributed by atoms with Crippen molar-refractivity contribution < 1.29 is 0 Å². The SMILES string of the molecule is c1ccccc(-n2c3ccccc3c3cc(-c4ccc5c(c4)c4ccccc4n5-c4cc(-c5ccccc5)nc(-c5ccccc5)c4)ccc32)cccc1. The van der Waals surface area contributed by atoms with Gasteiger partial charge in [-0.15, -0.1) is 0 Å². The first-order valence-electron chi connectivity index (χ1n) is 18.4. The molecule has 0 radical (unpaired) electrons. The molecule has 0 aliphatic carbocycles. The van der Waals surface area contributed by atoms with Gasteiger partial charge in [0.05, 0.1) is 39.1 Å². The Labute approximate surface area is 314 Å². The lowest BCUT2D eigenvalue weighted by Gasteiger charge is -2.13. The second kappa shape index (κ2) is 13.4. The normalized spacial score (nSPS) is 11.3. The van der Waals surface area contributed by atoms with Crippen LogP contribution in [0.5, 0.6) is 0 Å². The molecule has 3 nitrogen and oxygen atoms in total. The smallest absolute Gasteiger partial charge is 0.0730 e. The van der Waals surface area contributed by atoms with E-state index in [1.807, 2.05) is 6.07 Å². The van der Waals surface area contributed by atoms with E-state index in [1.165, 1.54) is 49.2 Å². The first kappa shape index (κ1) is 31.5. The van der Waals surface area contributed by atoms with Gasteiger partial charge in [0.15, 0.2) is 0 Å². The van der Waals surface area contributed by atoms with Crippen molar-refractivity contribution in [3.05, 3.63) is 212 Å². The standard InChI is InChI=1S/C51H35N3/c1-2-4-12-22-40(23-13-5-3-1)53-48-26-16-14-24-42(48)44-32-38(28-30-50(44)53)39-29-31-51-45(33-39)43-25-15-17-27-49(43)54(51)41-34-46(36-18-8-6-9-19-36)52-47(35-41)37-20-10-7-11-21-37/h1-35H. The molecule has 0 saturated carbocycles. The zero-order valence-corrected chi connectivity index (χ0v) is 29.5. The highest BCUT2D eigenvalue weighted by Gasteiger charge is 2.17. The van der Waals surface area contributed by atoms with Gasteiger partial charge in [-0.2, -0.15) is 0 Å². The molecular weight excluding hydrogens is 655 g/mol. The zero-order valence-electron chi connectivity index (χ0n) is 29.5. The van der Waals surface area contributed by atoms with E-state index < -0.39 is 0 Å². The highest BCUT2D eigenvalue weighted by atomic mass is 15.0. The molecular formula is C51H35N3. The maximum absolute atomic E-state index is 5.16. The third kappa shape index (κ3) is 5.51. The van der Waals surface area contributed by atoms with Crippen LogP contribution < -0.4 is 0 Å². The minimum atomic E-state index is 0.947. The fraction of sp³-hybridized carbons (Fsp3) is 0. The van der Waals surface area contributed by atoms with E-state index in [2.05, 4.69) is 215 Å². The van der Waals surface area contributed by atoms with Crippen molar-refractivity contribution in [2.24, 2.45) is 0 Å². The van der Waals surface area contributed by atoms with Gasteiger partial charge in [0, 0.05) is 38.4 Å². The second-order valence-electron chi connectivity index (χ2n) is 13.6. The lowest BCUT2D eigenvalue weighted by molar-refractivity contribution is 1.16. The summed E-state index contributed by atoms with van der Waals surface area (Å²) in [5, 5.41) is 4.91. The van der Waals surface area contributed by atoms with Crippen LogP contribution in [-0.2, 0) is 0 Å². The molecule has 0 aliphatic heterocycles. The maximum atomic E-state index is 5.16. The first-order valence-corrected chi connectivity index (χ1v) is 18.4. The van der Waals surface area contributed by atoms with E-state index >= 15 is 0 Å². The third-order valence-electron chi connectivity index (χ3n) is 10.3. The van der Waals surface area contributed by atoms with Gasteiger partial charge in [0.25, 0.3) is 0 Å². The molecule has 0 saturated heterocycles. The fourth-order valence-corrected chi connectivity index (χ4v) is 7.85. The maximum Gasteiger partial charge on any atom is 0.0730 e. The summed E-state index contributed by atoms with van der Waals surface area (Å²) < 4.78 is 4.76. The van der Waals surface area contributed by atoms with Crippen molar-refractivity contribution in [3.8, 4) is 45.0 Å². The Morgan fingerprint density at radius 1 is 0.259 bits per heavy atom. The second-order valence-corrected chi connectivity index (χ2v) is 13.6. The molecule has 3 heteroatoms. The topological polar surface area (TPSA) is 22.8 Å². The Morgan fingerprint density at radius 2 is 0.630 bits per heavy atom. The van der Waals surface area contributed by atoms with Crippen LogP contribution >= 0.6 is 0 Å². The molecule has 10 rings (SSSR count). The van der Waals surface area contributed by atoms with Gasteiger partial charge >= 0.3 is 0 Å². The van der Waals surface area contributed by atoms with Crippen molar-refractivity contribution in [2.45, 2.75) is 0 Å². The summed E-state index contributed by atoms with van der Waals surface area (Å²) in [6, 6.07) is 75.5. The number of aromatic nitrogens is 3. The summed E-state index contributed by atoms with van der Waals surface area (Å²) in [5.41, 5.74) is 13.3. The molecule has 3 heterocycles. The minimum absolute atomic E-state index is 0.947. The van der Waals surface area contributed by atoms with E-state index in [9.17, 15) is 0 Å². The molecule has 0 amide bonds. The summed E-state index contributed by atoms with van der Waals surface area (Å²) in [6.45, 7) is 0. The predicted molar refractivity (Wildman–Crippen MR) is 227 cm³/mol. The highest BCUT2D eigenvalue weighted by Crippen LogP contribution is 2.39. The van der Waals surface area contributed by atoms with E-state index in [0.717, 1.165) is 39.4 Å². The summed E-state index contributed by atoms with van der Waals surface area (Å²) in [4.78, 5) is 5.16. The predicted octanol–water partition coefficient (Wildman–Crippen LogP) is 13.4. The minimum Gasteiger partial charge on any atom is -0.309 e. The first-order chi connectivity index (χ1) is 26.8. The van der Waals surface area contributed by atoms with Gasteiger partial charge in [-0.3, -0.25) is 0 Å². The lowest BCUT2D eigenvalue weighted by atomic mass is 10.0. The van der Waals surface area contributed by atoms with Crippen LogP contribution in [0.25, 0.3) is 88.6 Å². The van der Waals surface area contributed by atoms with Crippen LogP contribution in [0.1, 0.15) is 0 Å². The molecule has 10 aromatic rings. The van der Waals surface area contributed by atoms with Crippen molar-refractivity contribution in [3.63, 3.8) is 0 Å². The van der Waals surface area contributed by atoms with Gasteiger partial charge in [0.1, 0.15) is 0 Å². The van der Waals surface area contributed by atoms with Gasteiger partial charge in [-0.05, 0) is 71.8 Å². The van der Waals surface area contributed by atoms with Crippen LogP contribution in [0.3, 0.4) is 0 Å². The molecule has 0 spiro atoms. The molecule has 0 unspecified atom stereocenters. The van der Waals surface area contributed by atoms with Crippen LogP contribution in [0.4, 0.5) is 0 Å². The van der Waals surface area contributed by atoms with Gasteiger partial charge < -0.3 is 9.13 Å². The van der Waals surface area contributed by atoms with Crippen LogP contribution in [0.15, 0.2) is 212 Å².